The van der Waals surface area contributed by atoms with Crippen molar-refractivity contribution in [3.63, 3.8) is 0 Å². The van der Waals surface area contributed by atoms with Crippen molar-refractivity contribution in [2.75, 3.05) is 5.43 Å². The zero-order chi connectivity index (χ0) is 13.8. The van der Waals surface area contributed by atoms with Gasteiger partial charge in [-0.15, -0.1) is 0 Å². The fraction of sp³-hybridized carbons (Fsp3) is 0.167. The topological polar surface area (TPSA) is 103 Å². The Morgan fingerprint density at radius 3 is 2.89 bits per heavy atom. The number of phenols is 1. The van der Waals surface area contributed by atoms with E-state index in [1.54, 1.807) is 38.1 Å². The molecular weight excluding hydrogens is 246 g/mol. The van der Waals surface area contributed by atoms with Crippen LogP contribution in [0.15, 0.2) is 34.2 Å². The Bertz CT molecular complexity index is 678. The molecule has 0 atom stereocenters. The summed E-state index contributed by atoms with van der Waals surface area (Å²) in [5.41, 5.74) is 3.80. The predicted octanol–water partition coefficient (Wildman–Crippen LogP) is 1.02. The van der Waals surface area contributed by atoms with Gasteiger partial charge in [-0.3, -0.25) is 5.43 Å². The molecule has 0 spiro atoms. The number of hydrogen-bond donors (Lipinski definition) is 3. The molecule has 2 rings (SSSR count). The number of aromatic amines is 1. The smallest absolute Gasteiger partial charge is 0.363 e. The van der Waals surface area contributed by atoms with Gasteiger partial charge in [-0.2, -0.15) is 15.2 Å². The summed E-state index contributed by atoms with van der Waals surface area (Å²) in [5.74, 6) is 0.415. The van der Waals surface area contributed by atoms with Gasteiger partial charge in [0.1, 0.15) is 11.4 Å². The molecule has 2 aromatic rings. The standard InChI is InChI=1S/C12H13N5O2/c1-7(9-5-3-4-6-10(9)18)14-16-11-8(2)15-17-12(19)13-11/h3-6,18H,1-2H3,(H2,13,16,17,19). The molecule has 7 nitrogen and oxygen atoms in total. The summed E-state index contributed by atoms with van der Waals surface area (Å²) in [6.45, 7) is 3.42. The Balaban J connectivity index is 2.26. The van der Waals surface area contributed by atoms with Gasteiger partial charge < -0.3 is 5.11 Å². The van der Waals surface area contributed by atoms with Crippen LogP contribution < -0.4 is 11.1 Å². The number of anilines is 1. The van der Waals surface area contributed by atoms with Crippen LogP contribution in [0.25, 0.3) is 0 Å². The first-order valence-corrected chi connectivity index (χ1v) is 5.60. The van der Waals surface area contributed by atoms with E-state index in [9.17, 15) is 9.90 Å². The molecule has 7 heteroatoms. The summed E-state index contributed by atoms with van der Waals surface area (Å²) in [6.07, 6.45) is 0. The molecule has 0 aliphatic rings. The Morgan fingerprint density at radius 2 is 2.16 bits per heavy atom. The quantitative estimate of drug-likeness (QED) is 0.564. The van der Waals surface area contributed by atoms with Crippen molar-refractivity contribution < 1.29 is 5.11 Å². The van der Waals surface area contributed by atoms with Crippen LogP contribution in [0.1, 0.15) is 18.2 Å². The van der Waals surface area contributed by atoms with Gasteiger partial charge in [-0.05, 0) is 26.0 Å². The number of para-hydroxylation sites is 1. The van der Waals surface area contributed by atoms with Crippen LogP contribution in [0.4, 0.5) is 5.82 Å². The number of nitrogens with one attached hydrogen (secondary N) is 2. The van der Waals surface area contributed by atoms with Crippen LogP contribution in [0.2, 0.25) is 0 Å². The van der Waals surface area contributed by atoms with Gasteiger partial charge in [0.25, 0.3) is 0 Å². The zero-order valence-electron chi connectivity index (χ0n) is 10.5. The van der Waals surface area contributed by atoms with Crippen molar-refractivity contribution >= 4 is 11.5 Å². The number of H-pyrrole nitrogens is 1. The van der Waals surface area contributed by atoms with Gasteiger partial charge in [0.2, 0.25) is 0 Å². The first-order valence-electron chi connectivity index (χ1n) is 5.60. The first-order chi connectivity index (χ1) is 9.08. The van der Waals surface area contributed by atoms with E-state index in [4.69, 9.17) is 0 Å². The van der Waals surface area contributed by atoms with E-state index >= 15 is 0 Å². The third kappa shape index (κ3) is 2.95. The van der Waals surface area contributed by atoms with E-state index in [1.165, 1.54) is 0 Å². The molecule has 0 fully saturated rings. The molecule has 0 aliphatic heterocycles. The summed E-state index contributed by atoms with van der Waals surface area (Å²) in [5, 5.41) is 19.8. The number of aryl methyl sites for hydroxylation is 1. The van der Waals surface area contributed by atoms with E-state index < -0.39 is 5.69 Å². The van der Waals surface area contributed by atoms with E-state index in [1.807, 2.05) is 0 Å². The second-order valence-corrected chi connectivity index (χ2v) is 3.90. The lowest BCUT2D eigenvalue weighted by Gasteiger charge is -2.05. The van der Waals surface area contributed by atoms with Gasteiger partial charge in [0, 0.05) is 5.56 Å². The normalized spacial score (nSPS) is 11.4. The number of phenolic OH excluding ortho intramolecular Hbond substituents is 1. The van der Waals surface area contributed by atoms with Gasteiger partial charge in [-0.1, -0.05) is 12.1 Å². The highest BCUT2D eigenvalue weighted by Crippen LogP contribution is 2.16. The molecule has 0 radical (unpaired) electrons. The lowest BCUT2D eigenvalue weighted by atomic mass is 10.1. The van der Waals surface area contributed by atoms with Crippen LogP contribution >= 0.6 is 0 Å². The highest BCUT2D eigenvalue weighted by molar-refractivity contribution is 6.01. The monoisotopic (exact) mass is 259 g/mol. The SMILES string of the molecule is CC(=NNc1nc(=O)[nH]nc1C)c1ccccc1O. The molecule has 1 aromatic carbocycles. The molecule has 0 aliphatic carbocycles. The number of aromatic hydroxyl groups is 1. The third-order valence-corrected chi connectivity index (χ3v) is 2.50. The number of nitrogens with zero attached hydrogens (tertiary/aromatic N) is 3. The number of rotatable bonds is 3. The van der Waals surface area contributed by atoms with Crippen LogP contribution in [-0.4, -0.2) is 26.0 Å². The van der Waals surface area contributed by atoms with Crippen LogP contribution in [0.5, 0.6) is 5.75 Å². The molecule has 1 aromatic heterocycles. The number of hydrogen-bond acceptors (Lipinski definition) is 6. The van der Waals surface area contributed by atoms with Crippen molar-refractivity contribution in [1.29, 1.82) is 0 Å². The van der Waals surface area contributed by atoms with Gasteiger partial charge in [-0.25, -0.2) is 9.89 Å². The van der Waals surface area contributed by atoms with E-state index in [-0.39, 0.29) is 11.6 Å². The molecule has 0 saturated carbocycles. The predicted molar refractivity (Wildman–Crippen MR) is 71.3 cm³/mol. The zero-order valence-corrected chi connectivity index (χ0v) is 10.5. The second-order valence-electron chi connectivity index (χ2n) is 3.90. The lowest BCUT2D eigenvalue weighted by Crippen LogP contribution is -2.16. The Morgan fingerprint density at radius 1 is 1.42 bits per heavy atom. The molecule has 0 amide bonds. The molecule has 0 bridgehead atoms. The van der Waals surface area contributed by atoms with Crippen molar-refractivity contribution in [3.05, 3.63) is 46.0 Å². The minimum absolute atomic E-state index is 0.138. The molecule has 0 unspecified atom stereocenters. The number of hydrazone groups is 1. The van der Waals surface area contributed by atoms with Crippen LogP contribution in [0.3, 0.4) is 0 Å². The average Bonchev–Trinajstić information content (AvgIpc) is 2.40. The maximum atomic E-state index is 11.1. The largest absolute Gasteiger partial charge is 0.507 e. The number of benzene rings is 1. The Hall–Kier alpha value is -2.70. The third-order valence-electron chi connectivity index (χ3n) is 2.50. The van der Waals surface area contributed by atoms with E-state index in [0.29, 0.717) is 17.0 Å². The Labute approximate surface area is 109 Å². The highest BCUT2D eigenvalue weighted by Gasteiger charge is 2.05. The summed E-state index contributed by atoms with van der Waals surface area (Å²) < 4.78 is 0. The molecule has 98 valence electrons. The fourth-order valence-corrected chi connectivity index (χ4v) is 1.47. The minimum Gasteiger partial charge on any atom is -0.507 e. The van der Waals surface area contributed by atoms with Crippen molar-refractivity contribution in [2.24, 2.45) is 5.10 Å². The summed E-state index contributed by atoms with van der Waals surface area (Å²) in [7, 11) is 0. The molecule has 3 N–H and O–H groups in total. The van der Waals surface area contributed by atoms with Crippen LogP contribution in [0, 0.1) is 6.92 Å². The Kier molecular flexibility index (Phi) is 3.56. The molecule has 0 saturated heterocycles. The summed E-state index contributed by atoms with van der Waals surface area (Å²) >= 11 is 0. The number of aromatic nitrogens is 3. The molecular formula is C12H13N5O2. The van der Waals surface area contributed by atoms with Gasteiger partial charge in [0.15, 0.2) is 5.82 Å². The van der Waals surface area contributed by atoms with E-state index in [0.717, 1.165) is 0 Å². The molecule has 1 heterocycles. The highest BCUT2D eigenvalue weighted by atomic mass is 16.3. The van der Waals surface area contributed by atoms with Gasteiger partial charge >= 0.3 is 5.69 Å². The van der Waals surface area contributed by atoms with Gasteiger partial charge in [0.05, 0.1) is 5.71 Å². The lowest BCUT2D eigenvalue weighted by molar-refractivity contribution is 0.474. The summed E-state index contributed by atoms with van der Waals surface area (Å²) in [4.78, 5) is 14.8. The second kappa shape index (κ2) is 5.30. The maximum absolute atomic E-state index is 11.1. The first kappa shape index (κ1) is 12.7. The van der Waals surface area contributed by atoms with E-state index in [2.05, 4.69) is 25.7 Å². The minimum atomic E-state index is -0.552. The fourth-order valence-electron chi connectivity index (χ4n) is 1.47. The van der Waals surface area contributed by atoms with Crippen molar-refractivity contribution in [3.8, 4) is 5.75 Å². The van der Waals surface area contributed by atoms with Crippen LogP contribution in [-0.2, 0) is 0 Å². The molecule has 19 heavy (non-hydrogen) atoms. The maximum Gasteiger partial charge on any atom is 0.363 e. The average molecular weight is 259 g/mol. The van der Waals surface area contributed by atoms with Crippen molar-refractivity contribution in [1.82, 2.24) is 15.2 Å². The summed E-state index contributed by atoms with van der Waals surface area (Å²) in [6, 6.07) is 6.84. The van der Waals surface area contributed by atoms with Crippen molar-refractivity contribution in [2.45, 2.75) is 13.8 Å².